The summed E-state index contributed by atoms with van der Waals surface area (Å²) >= 11 is 1.84. The quantitative estimate of drug-likeness (QED) is 0.186. The first kappa shape index (κ1) is 27.9. The van der Waals surface area contributed by atoms with E-state index in [2.05, 4.69) is 181 Å². The maximum Gasteiger partial charge on any atom is 0.159 e. The third-order valence-electron chi connectivity index (χ3n) is 9.66. The molecule has 10 rings (SSSR count). The number of hydrogen-bond acceptors (Lipinski definition) is 3. The number of anilines is 3. The third-order valence-corrected chi connectivity index (χ3v) is 10.8. The number of benzene rings is 8. The Labute approximate surface area is 287 Å². The Kier molecular flexibility index (Phi) is 6.39. The van der Waals surface area contributed by atoms with E-state index in [0.29, 0.717) is 0 Å². The Morgan fingerprint density at radius 1 is 0.388 bits per heavy atom. The molecule has 0 spiro atoms. The Hall–Kier alpha value is -6.16. The number of fused-ring (bicyclic) bond motifs is 7. The highest BCUT2D eigenvalue weighted by molar-refractivity contribution is 7.26. The van der Waals surface area contributed by atoms with Crippen molar-refractivity contribution in [3.63, 3.8) is 0 Å². The molecular weight excluding hydrogens is 615 g/mol. The maximum absolute atomic E-state index is 7.04. The summed E-state index contributed by atoms with van der Waals surface area (Å²) in [5, 5.41) is 7.17. The molecule has 230 valence electrons. The molecule has 0 aliphatic heterocycles. The molecule has 0 aliphatic carbocycles. The topological polar surface area (TPSA) is 16.4 Å². The number of nitrogens with zero attached hydrogens (tertiary/aromatic N) is 1. The van der Waals surface area contributed by atoms with Crippen molar-refractivity contribution in [2.24, 2.45) is 0 Å². The second-order valence-corrected chi connectivity index (χ2v) is 13.6. The number of hydrogen-bond donors (Lipinski definition) is 0. The minimum absolute atomic E-state index is 0.866. The highest BCUT2D eigenvalue weighted by atomic mass is 32.1. The fraction of sp³-hybridized carbons (Fsp3) is 0. The van der Waals surface area contributed by atoms with Crippen LogP contribution in [0.3, 0.4) is 0 Å². The van der Waals surface area contributed by atoms with Gasteiger partial charge >= 0.3 is 0 Å². The predicted octanol–water partition coefficient (Wildman–Crippen LogP) is 13.9. The van der Waals surface area contributed by atoms with Crippen molar-refractivity contribution in [2.45, 2.75) is 0 Å². The van der Waals surface area contributed by atoms with Gasteiger partial charge in [-0.15, -0.1) is 11.3 Å². The summed E-state index contributed by atoms with van der Waals surface area (Å²) in [5.74, 6) is 0. The minimum Gasteiger partial charge on any atom is -0.453 e. The predicted molar refractivity (Wildman–Crippen MR) is 210 cm³/mol. The van der Waals surface area contributed by atoms with Gasteiger partial charge in [-0.1, -0.05) is 140 Å². The summed E-state index contributed by atoms with van der Waals surface area (Å²) in [5.41, 5.74) is 9.55. The van der Waals surface area contributed by atoms with Crippen LogP contribution in [0, 0.1) is 0 Å². The van der Waals surface area contributed by atoms with Gasteiger partial charge in [-0.25, -0.2) is 0 Å². The fourth-order valence-corrected chi connectivity index (χ4v) is 8.55. The van der Waals surface area contributed by atoms with E-state index in [1.54, 1.807) is 0 Å². The first-order valence-electron chi connectivity index (χ1n) is 16.6. The van der Waals surface area contributed by atoms with E-state index < -0.39 is 0 Å². The van der Waals surface area contributed by atoms with Crippen LogP contribution in [0.25, 0.3) is 75.1 Å². The first-order valence-corrected chi connectivity index (χ1v) is 17.4. The van der Waals surface area contributed by atoms with E-state index in [4.69, 9.17) is 4.42 Å². The van der Waals surface area contributed by atoms with Gasteiger partial charge in [0.2, 0.25) is 0 Å². The van der Waals surface area contributed by atoms with Crippen molar-refractivity contribution >= 4 is 81.3 Å². The molecule has 0 atom stereocenters. The maximum atomic E-state index is 7.04. The van der Waals surface area contributed by atoms with E-state index in [1.807, 2.05) is 11.3 Å². The van der Waals surface area contributed by atoms with Gasteiger partial charge in [0.1, 0.15) is 5.58 Å². The average molecular weight is 644 g/mol. The molecule has 2 aromatic heterocycles. The van der Waals surface area contributed by atoms with Crippen molar-refractivity contribution in [1.29, 1.82) is 0 Å². The summed E-state index contributed by atoms with van der Waals surface area (Å²) in [7, 11) is 0. The lowest BCUT2D eigenvalue weighted by atomic mass is 9.98. The van der Waals surface area contributed by atoms with Gasteiger partial charge in [0.05, 0.1) is 17.1 Å². The van der Waals surface area contributed by atoms with E-state index in [1.165, 1.54) is 36.5 Å². The Morgan fingerprint density at radius 3 is 1.94 bits per heavy atom. The Morgan fingerprint density at radius 2 is 1.02 bits per heavy atom. The molecule has 0 fully saturated rings. The second kappa shape index (κ2) is 11.2. The van der Waals surface area contributed by atoms with Gasteiger partial charge in [-0.2, -0.15) is 0 Å². The largest absolute Gasteiger partial charge is 0.453 e. The molecule has 2 nitrogen and oxygen atoms in total. The van der Waals surface area contributed by atoms with Crippen molar-refractivity contribution in [2.75, 3.05) is 4.90 Å². The lowest BCUT2D eigenvalue weighted by Gasteiger charge is -2.28. The monoisotopic (exact) mass is 643 g/mol. The summed E-state index contributed by atoms with van der Waals surface area (Å²) in [6, 6.07) is 63.1. The molecule has 0 unspecified atom stereocenters. The van der Waals surface area contributed by atoms with Crippen LogP contribution in [0.4, 0.5) is 17.1 Å². The average Bonchev–Trinajstić information content (AvgIpc) is 3.75. The molecule has 0 radical (unpaired) electrons. The molecule has 0 saturated carbocycles. The van der Waals surface area contributed by atoms with Crippen LogP contribution < -0.4 is 4.90 Å². The lowest BCUT2D eigenvalue weighted by molar-refractivity contribution is 0.670. The summed E-state index contributed by atoms with van der Waals surface area (Å²) < 4.78 is 9.58. The van der Waals surface area contributed by atoms with E-state index in [-0.39, 0.29) is 0 Å². The van der Waals surface area contributed by atoms with E-state index in [9.17, 15) is 0 Å². The SMILES string of the molecule is c1ccc(-c2cccc3c2oc2c(N(c4ccccc4-c4ccc5ccccc5c4)c4cccc5sc6ccccc6c45)cccc23)cc1. The molecule has 0 aliphatic rings. The Bertz CT molecular complexity index is 2840. The zero-order valence-electron chi connectivity index (χ0n) is 26.5. The fourth-order valence-electron chi connectivity index (χ4n) is 7.43. The molecule has 10 aromatic rings. The summed E-state index contributed by atoms with van der Waals surface area (Å²) in [6.07, 6.45) is 0. The van der Waals surface area contributed by atoms with Gasteiger partial charge in [-0.3, -0.25) is 0 Å². The van der Waals surface area contributed by atoms with Crippen LogP contribution in [0.15, 0.2) is 180 Å². The van der Waals surface area contributed by atoms with Crippen molar-refractivity contribution < 1.29 is 4.42 Å². The van der Waals surface area contributed by atoms with E-state index >= 15 is 0 Å². The van der Waals surface area contributed by atoms with Gasteiger partial charge in [0.25, 0.3) is 0 Å². The van der Waals surface area contributed by atoms with Crippen LogP contribution in [0.2, 0.25) is 0 Å². The highest BCUT2D eigenvalue weighted by Crippen LogP contribution is 2.50. The summed E-state index contributed by atoms with van der Waals surface area (Å²) in [6.45, 7) is 0. The van der Waals surface area contributed by atoms with Crippen LogP contribution in [0.1, 0.15) is 0 Å². The number of para-hydroxylation sites is 3. The minimum atomic E-state index is 0.866. The van der Waals surface area contributed by atoms with Crippen LogP contribution >= 0.6 is 11.3 Å². The number of thiophene rings is 1. The standard InChI is InChI=1S/C46H29NOS/c1-2-14-31(15-3-1)35-19-10-20-36-37-21-11-24-41(46(37)48-45(35)36)47(40-23-12-26-43-44(40)38-18-7-9-25-42(38)49-43)39-22-8-6-17-34(39)33-28-27-30-13-4-5-16-32(30)29-33/h1-29H. The third kappa shape index (κ3) is 4.47. The van der Waals surface area contributed by atoms with Crippen molar-refractivity contribution in [3.05, 3.63) is 176 Å². The smallest absolute Gasteiger partial charge is 0.159 e. The molecule has 3 heteroatoms. The number of rotatable bonds is 5. The molecule has 8 aromatic carbocycles. The molecular formula is C46H29NOS. The highest BCUT2D eigenvalue weighted by Gasteiger charge is 2.25. The van der Waals surface area contributed by atoms with E-state index in [0.717, 1.165) is 55.7 Å². The molecule has 0 amide bonds. The summed E-state index contributed by atoms with van der Waals surface area (Å²) in [4.78, 5) is 2.43. The second-order valence-electron chi connectivity index (χ2n) is 12.5. The first-order chi connectivity index (χ1) is 24.3. The Balaban J connectivity index is 1.30. The van der Waals surface area contributed by atoms with Gasteiger partial charge in [-0.05, 0) is 58.3 Å². The van der Waals surface area contributed by atoms with Gasteiger partial charge in [0, 0.05) is 42.1 Å². The zero-order valence-corrected chi connectivity index (χ0v) is 27.3. The normalized spacial score (nSPS) is 11.7. The molecule has 0 saturated heterocycles. The van der Waals surface area contributed by atoms with Crippen LogP contribution in [0.5, 0.6) is 0 Å². The van der Waals surface area contributed by atoms with Crippen molar-refractivity contribution in [3.8, 4) is 22.3 Å². The van der Waals surface area contributed by atoms with Gasteiger partial charge in [0.15, 0.2) is 5.58 Å². The lowest BCUT2D eigenvalue weighted by Crippen LogP contribution is -2.12. The molecule has 49 heavy (non-hydrogen) atoms. The van der Waals surface area contributed by atoms with Gasteiger partial charge < -0.3 is 9.32 Å². The molecule has 0 N–H and O–H groups in total. The van der Waals surface area contributed by atoms with Crippen LogP contribution in [-0.2, 0) is 0 Å². The molecule has 0 bridgehead atoms. The van der Waals surface area contributed by atoms with Crippen LogP contribution in [-0.4, -0.2) is 0 Å². The van der Waals surface area contributed by atoms with Crippen molar-refractivity contribution in [1.82, 2.24) is 0 Å². The molecule has 2 heterocycles. The zero-order chi connectivity index (χ0) is 32.3. The number of furan rings is 1.